The number of anilines is 1. The first-order chi connectivity index (χ1) is 8.65. The van der Waals surface area contributed by atoms with Gasteiger partial charge in [-0.2, -0.15) is 0 Å². The van der Waals surface area contributed by atoms with Crippen molar-refractivity contribution in [3.63, 3.8) is 0 Å². The zero-order valence-electron chi connectivity index (χ0n) is 9.89. The number of amides is 2. The molecule has 5 heteroatoms. The normalized spacial score (nSPS) is 10.1. The van der Waals surface area contributed by atoms with E-state index in [9.17, 15) is 4.79 Å². The summed E-state index contributed by atoms with van der Waals surface area (Å²) in [5, 5.41) is 2.85. The number of rotatable bonds is 3. The van der Waals surface area contributed by atoms with Crippen LogP contribution in [0.2, 0.25) is 0 Å². The first-order valence-corrected chi connectivity index (χ1v) is 7.07. The highest BCUT2D eigenvalue weighted by Crippen LogP contribution is 2.23. The van der Waals surface area contributed by atoms with Crippen molar-refractivity contribution in [3.05, 3.63) is 51.1 Å². The molecule has 3 nitrogen and oxygen atoms in total. The largest absolute Gasteiger partial charge is 0.322 e. The summed E-state index contributed by atoms with van der Waals surface area (Å²) >= 11 is 5.05. The summed E-state index contributed by atoms with van der Waals surface area (Å²) in [5.41, 5.74) is 0.807. The first-order valence-electron chi connectivity index (χ1n) is 5.46. The Morgan fingerprint density at radius 1 is 1.28 bits per heavy atom. The van der Waals surface area contributed by atoms with Crippen molar-refractivity contribution < 1.29 is 4.79 Å². The lowest BCUT2D eigenvalue weighted by Gasteiger charge is -2.17. The van der Waals surface area contributed by atoms with Crippen molar-refractivity contribution in [1.82, 2.24) is 4.90 Å². The van der Waals surface area contributed by atoms with E-state index in [2.05, 4.69) is 21.2 Å². The van der Waals surface area contributed by atoms with E-state index in [1.54, 1.807) is 23.3 Å². The molecule has 0 spiro atoms. The van der Waals surface area contributed by atoms with E-state index in [1.165, 1.54) is 0 Å². The molecule has 0 atom stereocenters. The van der Waals surface area contributed by atoms with Crippen LogP contribution in [0.4, 0.5) is 10.5 Å². The summed E-state index contributed by atoms with van der Waals surface area (Å²) in [6.45, 7) is 0.606. The molecule has 1 N–H and O–H groups in total. The van der Waals surface area contributed by atoms with Gasteiger partial charge >= 0.3 is 6.03 Å². The molecule has 0 saturated carbocycles. The van der Waals surface area contributed by atoms with Crippen LogP contribution in [-0.2, 0) is 6.54 Å². The second-order valence-electron chi connectivity index (χ2n) is 3.86. The third kappa shape index (κ3) is 3.58. The lowest BCUT2D eigenvalue weighted by Crippen LogP contribution is -2.30. The number of hydrogen-bond acceptors (Lipinski definition) is 2. The molecule has 0 fully saturated rings. The molecule has 0 aliphatic carbocycles. The quantitative estimate of drug-likeness (QED) is 0.902. The molecule has 0 aliphatic rings. The number of para-hydroxylation sites is 1. The number of benzene rings is 1. The van der Waals surface area contributed by atoms with Crippen LogP contribution in [0.5, 0.6) is 0 Å². The summed E-state index contributed by atoms with van der Waals surface area (Å²) in [5.74, 6) is 0. The monoisotopic (exact) mass is 324 g/mol. The Hall–Kier alpha value is -1.33. The maximum absolute atomic E-state index is 11.9. The Kier molecular flexibility index (Phi) is 4.38. The van der Waals surface area contributed by atoms with Crippen molar-refractivity contribution in [1.29, 1.82) is 0 Å². The van der Waals surface area contributed by atoms with E-state index in [4.69, 9.17) is 0 Å². The molecule has 2 amide bonds. The van der Waals surface area contributed by atoms with Crippen molar-refractivity contribution in [3.8, 4) is 0 Å². The van der Waals surface area contributed by atoms with Crippen molar-refractivity contribution in [2.45, 2.75) is 6.54 Å². The molecule has 2 rings (SSSR count). The van der Waals surface area contributed by atoms with Crippen LogP contribution in [0.25, 0.3) is 0 Å². The molecule has 1 aromatic carbocycles. The van der Waals surface area contributed by atoms with Crippen LogP contribution >= 0.6 is 27.3 Å². The Labute approximate surface area is 119 Å². The van der Waals surface area contributed by atoms with Gasteiger partial charge in [-0.1, -0.05) is 18.2 Å². The average molecular weight is 325 g/mol. The minimum Gasteiger partial charge on any atom is -0.322 e. The molecule has 1 aromatic heterocycles. The molecule has 2 aromatic rings. The Bertz CT molecular complexity index is 527. The zero-order chi connectivity index (χ0) is 13.0. The second-order valence-corrected chi connectivity index (χ2v) is 6.41. The van der Waals surface area contributed by atoms with Crippen LogP contribution in [0.1, 0.15) is 4.88 Å². The third-order valence-electron chi connectivity index (χ3n) is 2.39. The number of carbonyl (C=O) groups excluding carboxylic acids is 1. The number of nitrogens with one attached hydrogen (secondary N) is 1. The number of thiophene rings is 1. The van der Waals surface area contributed by atoms with E-state index in [-0.39, 0.29) is 6.03 Å². The van der Waals surface area contributed by atoms with Gasteiger partial charge in [-0.3, -0.25) is 0 Å². The van der Waals surface area contributed by atoms with Crippen LogP contribution in [-0.4, -0.2) is 18.0 Å². The average Bonchev–Trinajstić information content (AvgIpc) is 2.76. The molecule has 0 bridgehead atoms. The minimum atomic E-state index is -0.106. The summed E-state index contributed by atoms with van der Waals surface area (Å²) in [6.07, 6.45) is 0. The van der Waals surface area contributed by atoms with Gasteiger partial charge in [0.1, 0.15) is 0 Å². The van der Waals surface area contributed by atoms with Crippen LogP contribution < -0.4 is 5.32 Å². The highest BCUT2D eigenvalue weighted by atomic mass is 79.9. The highest BCUT2D eigenvalue weighted by molar-refractivity contribution is 9.11. The predicted octanol–water partition coefficient (Wildman–Crippen LogP) is 4.17. The lowest BCUT2D eigenvalue weighted by molar-refractivity contribution is 0.221. The number of halogens is 1. The Morgan fingerprint density at radius 3 is 2.61 bits per heavy atom. The van der Waals surface area contributed by atoms with E-state index in [0.717, 1.165) is 14.4 Å². The van der Waals surface area contributed by atoms with Crippen LogP contribution in [0.3, 0.4) is 0 Å². The topological polar surface area (TPSA) is 32.3 Å². The van der Waals surface area contributed by atoms with Crippen LogP contribution in [0.15, 0.2) is 46.3 Å². The van der Waals surface area contributed by atoms with Gasteiger partial charge in [0.15, 0.2) is 0 Å². The van der Waals surface area contributed by atoms with Crippen LogP contribution in [0, 0.1) is 0 Å². The maximum Gasteiger partial charge on any atom is 0.321 e. The van der Waals surface area contributed by atoms with Gasteiger partial charge in [0.25, 0.3) is 0 Å². The van der Waals surface area contributed by atoms with E-state index >= 15 is 0 Å². The first kappa shape index (κ1) is 13.1. The Balaban J connectivity index is 1.93. The van der Waals surface area contributed by atoms with Crippen molar-refractivity contribution in [2.75, 3.05) is 12.4 Å². The van der Waals surface area contributed by atoms with E-state index in [0.29, 0.717) is 6.54 Å². The highest BCUT2D eigenvalue weighted by Gasteiger charge is 2.10. The molecule has 1 heterocycles. The van der Waals surface area contributed by atoms with Gasteiger partial charge < -0.3 is 10.2 Å². The van der Waals surface area contributed by atoms with Crippen molar-refractivity contribution in [2.24, 2.45) is 0 Å². The van der Waals surface area contributed by atoms with E-state index in [1.807, 2.05) is 42.5 Å². The number of nitrogens with zero attached hydrogens (tertiary/aromatic N) is 1. The van der Waals surface area contributed by atoms with Gasteiger partial charge in [-0.15, -0.1) is 11.3 Å². The Morgan fingerprint density at radius 2 is 2.00 bits per heavy atom. The summed E-state index contributed by atoms with van der Waals surface area (Å²) in [4.78, 5) is 14.7. The fraction of sp³-hybridized carbons (Fsp3) is 0.154. The maximum atomic E-state index is 11.9. The molecule has 0 saturated heterocycles. The summed E-state index contributed by atoms with van der Waals surface area (Å²) in [6, 6.07) is 13.3. The molecular weight excluding hydrogens is 312 g/mol. The SMILES string of the molecule is CN(Cc1ccc(Br)s1)C(=O)Nc1ccccc1. The fourth-order valence-electron chi connectivity index (χ4n) is 1.48. The fourth-order valence-corrected chi connectivity index (χ4v) is 3.02. The summed E-state index contributed by atoms with van der Waals surface area (Å²) in [7, 11) is 1.78. The van der Waals surface area contributed by atoms with Gasteiger partial charge in [0, 0.05) is 17.6 Å². The van der Waals surface area contributed by atoms with Gasteiger partial charge in [0.05, 0.1) is 10.3 Å². The van der Waals surface area contributed by atoms with Gasteiger partial charge in [0.2, 0.25) is 0 Å². The van der Waals surface area contributed by atoms with Gasteiger partial charge in [-0.25, -0.2) is 4.79 Å². The van der Waals surface area contributed by atoms with E-state index < -0.39 is 0 Å². The smallest absolute Gasteiger partial charge is 0.321 e. The van der Waals surface area contributed by atoms with Gasteiger partial charge in [-0.05, 0) is 40.2 Å². The molecule has 94 valence electrons. The predicted molar refractivity (Wildman–Crippen MR) is 78.9 cm³/mol. The zero-order valence-corrected chi connectivity index (χ0v) is 12.3. The molecule has 0 aliphatic heterocycles. The molecule has 0 radical (unpaired) electrons. The lowest BCUT2D eigenvalue weighted by atomic mass is 10.3. The number of hydrogen-bond donors (Lipinski definition) is 1. The number of urea groups is 1. The standard InChI is InChI=1S/C13H13BrN2OS/c1-16(9-11-7-8-12(14)18-11)13(17)15-10-5-3-2-4-6-10/h2-8H,9H2,1H3,(H,15,17). The third-order valence-corrected chi connectivity index (χ3v) is 4.00. The number of carbonyl (C=O) groups is 1. The summed E-state index contributed by atoms with van der Waals surface area (Å²) < 4.78 is 1.08. The second kappa shape index (κ2) is 6.02. The van der Waals surface area contributed by atoms with Crippen molar-refractivity contribution >= 4 is 39.0 Å². The minimum absolute atomic E-state index is 0.106. The molecule has 0 unspecified atom stereocenters. The molecule has 18 heavy (non-hydrogen) atoms. The molecular formula is C13H13BrN2OS.